The van der Waals surface area contributed by atoms with Crippen LogP contribution >= 0.6 is 0 Å². The van der Waals surface area contributed by atoms with E-state index in [4.69, 9.17) is 9.94 Å². The van der Waals surface area contributed by atoms with Crippen molar-refractivity contribution in [3.05, 3.63) is 0 Å². The minimum atomic E-state index is -0.467. The topological polar surface area (TPSA) is 70.6 Å². The maximum Gasteiger partial charge on any atom is 0.407 e. The first-order chi connectivity index (χ1) is 6.35. The van der Waals surface area contributed by atoms with Gasteiger partial charge in [-0.25, -0.2) is 10.3 Å². The van der Waals surface area contributed by atoms with Crippen LogP contribution in [0, 0.1) is 0 Å². The molecule has 84 valence electrons. The van der Waals surface area contributed by atoms with Gasteiger partial charge < -0.3 is 15.3 Å². The average molecular weight is 204 g/mol. The third-order valence-electron chi connectivity index (χ3n) is 1.47. The first-order valence-corrected chi connectivity index (χ1v) is 4.71. The van der Waals surface area contributed by atoms with Gasteiger partial charge in [0.2, 0.25) is 0 Å². The number of hydroxylamine groups is 1. The highest BCUT2D eigenvalue weighted by Gasteiger charge is 2.15. The fourth-order valence-corrected chi connectivity index (χ4v) is 0.769. The number of rotatable bonds is 4. The van der Waals surface area contributed by atoms with E-state index in [0.29, 0.717) is 13.0 Å². The Morgan fingerprint density at radius 2 is 2.07 bits per heavy atom. The van der Waals surface area contributed by atoms with Crippen LogP contribution in [0.3, 0.4) is 0 Å². The quantitative estimate of drug-likeness (QED) is 0.603. The third-order valence-corrected chi connectivity index (χ3v) is 1.47. The van der Waals surface area contributed by atoms with Crippen molar-refractivity contribution in [2.24, 2.45) is 0 Å². The average Bonchev–Trinajstić information content (AvgIpc) is 2.00. The number of alkyl carbamates (subject to hydrolysis) is 1. The van der Waals surface area contributed by atoms with Crippen LogP contribution in [0.25, 0.3) is 0 Å². The smallest absolute Gasteiger partial charge is 0.407 e. The second-order valence-electron chi connectivity index (χ2n) is 4.25. The van der Waals surface area contributed by atoms with Crippen molar-refractivity contribution < 1.29 is 14.7 Å². The number of nitrogens with one attached hydrogen (secondary N) is 2. The largest absolute Gasteiger partial charge is 0.444 e. The first-order valence-electron chi connectivity index (χ1n) is 4.71. The first kappa shape index (κ1) is 13.2. The van der Waals surface area contributed by atoms with Crippen LogP contribution in [0.5, 0.6) is 0 Å². The van der Waals surface area contributed by atoms with Gasteiger partial charge in [-0.1, -0.05) is 0 Å². The molecule has 0 aromatic heterocycles. The Hall–Kier alpha value is -0.810. The predicted octanol–water partition coefficient (Wildman–Crippen LogP) is 1.27. The molecule has 0 saturated heterocycles. The summed E-state index contributed by atoms with van der Waals surface area (Å²) >= 11 is 0. The van der Waals surface area contributed by atoms with Crippen molar-refractivity contribution in [1.29, 1.82) is 0 Å². The maximum atomic E-state index is 11.1. The van der Waals surface area contributed by atoms with E-state index in [1.165, 1.54) is 0 Å². The molecule has 0 aromatic carbocycles. The minimum absolute atomic E-state index is 0.0371. The zero-order chi connectivity index (χ0) is 11.2. The molecule has 0 aromatic rings. The van der Waals surface area contributed by atoms with Crippen LogP contribution in [0.1, 0.15) is 34.1 Å². The van der Waals surface area contributed by atoms with Crippen molar-refractivity contribution in [1.82, 2.24) is 10.8 Å². The summed E-state index contributed by atoms with van der Waals surface area (Å²) in [6.45, 7) is 7.72. The molecule has 0 bridgehead atoms. The highest BCUT2D eigenvalue weighted by molar-refractivity contribution is 5.67. The standard InChI is InChI=1S/C9H20N2O3/c1-7(11-13)5-6-10-8(12)14-9(2,3)4/h7,11,13H,5-6H2,1-4H3,(H,10,12). The monoisotopic (exact) mass is 204 g/mol. The van der Waals surface area contributed by atoms with Gasteiger partial charge in [0.25, 0.3) is 0 Å². The number of ether oxygens (including phenoxy) is 1. The molecule has 0 aliphatic carbocycles. The van der Waals surface area contributed by atoms with Gasteiger partial charge in [-0.05, 0) is 34.1 Å². The summed E-state index contributed by atoms with van der Waals surface area (Å²) in [6.07, 6.45) is 0.220. The normalized spacial score (nSPS) is 13.5. The molecule has 0 saturated carbocycles. The van der Waals surface area contributed by atoms with Crippen molar-refractivity contribution in [3.63, 3.8) is 0 Å². The summed E-state index contributed by atoms with van der Waals surface area (Å²) < 4.78 is 5.02. The molecule has 0 radical (unpaired) electrons. The molecule has 0 aliphatic heterocycles. The molecular formula is C9H20N2O3. The summed E-state index contributed by atoms with van der Waals surface area (Å²) in [5.41, 5.74) is 1.63. The zero-order valence-electron chi connectivity index (χ0n) is 9.26. The minimum Gasteiger partial charge on any atom is -0.444 e. The van der Waals surface area contributed by atoms with Gasteiger partial charge in [0.15, 0.2) is 0 Å². The lowest BCUT2D eigenvalue weighted by molar-refractivity contribution is 0.0520. The summed E-state index contributed by atoms with van der Waals surface area (Å²) in [5.74, 6) is 0. The number of carbonyl (C=O) groups excluding carboxylic acids is 1. The van der Waals surface area contributed by atoms with Crippen molar-refractivity contribution in [3.8, 4) is 0 Å². The molecule has 14 heavy (non-hydrogen) atoms. The molecule has 5 heteroatoms. The fraction of sp³-hybridized carbons (Fsp3) is 0.889. The summed E-state index contributed by atoms with van der Waals surface area (Å²) in [4.78, 5) is 11.1. The van der Waals surface area contributed by atoms with E-state index < -0.39 is 11.7 Å². The lowest BCUT2D eigenvalue weighted by Crippen LogP contribution is -2.35. The zero-order valence-corrected chi connectivity index (χ0v) is 9.26. The Balaban J connectivity index is 3.55. The van der Waals surface area contributed by atoms with E-state index in [1.807, 2.05) is 27.7 Å². The van der Waals surface area contributed by atoms with E-state index in [1.54, 1.807) is 0 Å². The van der Waals surface area contributed by atoms with Gasteiger partial charge in [-0.3, -0.25) is 0 Å². The number of hydrogen-bond donors (Lipinski definition) is 3. The number of carbonyl (C=O) groups is 1. The van der Waals surface area contributed by atoms with E-state index >= 15 is 0 Å². The van der Waals surface area contributed by atoms with Crippen LogP contribution < -0.4 is 10.8 Å². The molecule has 1 unspecified atom stereocenters. The maximum absolute atomic E-state index is 11.1. The van der Waals surface area contributed by atoms with Crippen molar-refractivity contribution in [2.45, 2.75) is 45.8 Å². The van der Waals surface area contributed by atoms with Crippen LogP contribution in [0.4, 0.5) is 4.79 Å². The number of amides is 1. The SMILES string of the molecule is CC(CCNC(=O)OC(C)(C)C)NO. The molecule has 5 nitrogen and oxygen atoms in total. The Morgan fingerprint density at radius 1 is 1.50 bits per heavy atom. The summed E-state index contributed by atoms with van der Waals surface area (Å²) in [6, 6.07) is -0.0371. The molecule has 0 rings (SSSR count). The lowest BCUT2D eigenvalue weighted by atomic mass is 10.2. The molecular weight excluding hydrogens is 184 g/mol. The highest BCUT2D eigenvalue weighted by Crippen LogP contribution is 2.06. The highest BCUT2D eigenvalue weighted by atomic mass is 16.6. The molecule has 3 N–H and O–H groups in total. The Morgan fingerprint density at radius 3 is 2.50 bits per heavy atom. The van der Waals surface area contributed by atoms with Gasteiger partial charge in [-0.2, -0.15) is 0 Å². The Bertz CT molecular complexity index is 177. The van der Waals surface area contributed by atoms with Crippen molar-refractivity contribution >= 4 is 6.09 Å². The number of hydrogen-bond acceptors (Lipinski definition) is 4. The van der Waals surface area contributed by atoms with E-state index in [-0.39, 0.29) is 6.04 Å². The second-order valence-corrected chi connectivity index (χ2v) is 4.25. The van der Waals surface area contributed by atoms with E-state index in [9.17, 15) is 4.79 Å². The molecule has 0 heterocycles. The fourth-order valence-electron chi connectivity index (χ4n) is 0.769. The van der Waals surface area contributed by atoms with Gasteiger partial charge >= 0.3 is 6.09 Å². The Kier molecular flexibility index (Phi) is 5.49. The van der Waals surface area contributed by atoms with Crippen LogP contribution in [0.15, 0.2) is 0 Å². The van der Waals surface area contributed by atoms with Crippen LogP contribution in [-0.4, -0.2) is 29.5 Å². The molecule has 1 amide bonds. The lowest BCUT2D eigenvalue weighted by Gasteiger charge is -2.20. The summed E-state index contributed by atoms with van der Waals surface area (Å²) in [5, 5.41) is 11.1. The molecule has 0 aliphatic rings. The molecule has 0 fully saturated rings. The van der Waals surface area contributed by atoms with Gasteiger partial charge in [0, 0.05) is 12.6 Å². The van der Waals surface area contributed by atoms with Gasteiger partial charge in [-0.15, -0.1) is 0 Å². The second kappa shape index (κ2) is 5.82. The summed E-state index contributed by atoms with van der Waals surface area (Å²) in [7, 11) is 0. The van der Waals surface area contributed by atoms with E-state index in [0.717, 1.165) is 0 Å². The van der Waals surface area contributed by atoms with Gasteiger partial charge in [0.05, 0.1) is 0 Å². The van der Waals surface area contributed by atoms with Crippen molar-refractivity contribution in [2.75, 3.05) is 6.54 Å². The van der Waals surface area contributed by atoms with E-state index in [2.05, 4.69) is 10.8 Å². The predicted molar refractivity (Wildman–Crippen MR) is 53.2 cm³/mol. The van der Waals surface area contributed by atoms with Crippen LogP contribution in [-0.2, 0) is 4.74 Å². The van der Waals surface area contributed by atoms with Gasteiger partial charge in [0.1, 0.15) is 5.60 Å². The van der Waals surface area contributed by atoms with Crippen LogP contribution in [0.2, 0.25) is 0 Å². The molecule has 0 spiro atoms. The molecule has 1 atom stereocenters. The Labute approximate surface area is 84.8 Å². The third kappa shape index (κ3) is 7.82.